The number of hydrogen-bond acceptors (Lipinski definition) is 3. The van der Waals surface area contributed by atoms with Crippen molar-refractivity contribution in [1.82, 2.24) is 0 Å². The first kappa shape index (κ1) is 13.7. The Morgan fingerprint density at radius 1 is 1.53 bits per heavy atom. The van der Waals surface area contributed by atoms with Crippen molar-refractivity contribution < 1.29 is 8.95 Å². The molecule has 0 aromatic heterocycles. The van der Waals surface area contributed by atoms with E-state index in [4.69, 9.17) is 10.00 Å². The predicted octanol–water partition coefficient (Wildman–Crippen LogP) is 2.61. The van der Waals surface area contributed by atoms with Crippen LogP contribution in [0.25, 0.3) is 0 Å². The van der Waals surface area contributed by atoms with Crippen molar-refractivity contribution in [3.63, 3.8) is 0 Å². The number of nitriles is 1. The van der Waals surface area contributed by atoms with Crippen molar-refractivity contribution >= 4 is 10.8 Å². The van der Waals surface area contributed by atoms with Crippen LogP contribution in [0, 0.1) is 11.3 Å². The highest BCUT2D eigenvalue weighted by molar-refractivity contribution is 7.84. The number of hydrogen-bond donors (Lipinski definition) is 0. The van der Waals surface area contributed by atoms with E-state index in [2.05, 4.69) is 6.07 Å². The van der Waals surface area contributed by atoms with Gasteiger partial charge in [-0.25, -0.2) is 0 Å². The minimum Gasteiger partial charge on any atom is -0.495 e. The maximum Gasteiger partial charge on any atom is 0.136 e. The van der Waals surface area contributed by atoms with Gasteiger partial charge in [0.15, 0.2) is 0 Å². The van der Waals surface area contributed by atoms with Gasteiger partial charge in [0, 0.05) is 21.8 Å². The summed E-state index contributed by atoms with van der Waals surface area (Å²) in [5.41, 5.74) is 1.45. The molecule has 2 atom stereocenters. The molecule has 0 saturated carbocycles. The second kappa shape index (κ2) is 6.41. The maximum atomic E-state index is 11.9. The summed E-state index contributed by atoms with van der Waals surface area (Å²) in [6.45, 7) is 4.01. The number of methoxy groups -OCH3 is 1. The fourth-order valence-electron chi connectivity index (χ4n) is 1.41. The maximum absolute atomic E-state index is 11.9. The summed E-state index contributed by atoms with van der Waals surface area (Å²) in [5, 5.41) is 9.05. The molecule has 0 spiro atoms. The van der Waals surface area contributed by atoms with Gasteiger partial charge in [-0.15, -0.1) is 0 Å². The van der Waals surface area contributed by atoms with E-state index in [0.29, 0.717) is 17.1 Å². The molecule has 1 aromatic rings. The molecule has 0 aliphatic rings. The zero-order chi connectivity index (χ0) is 12.8. The van der Waals surface area contributed by atoms with Gasteiger partial charge < -0.3 is 4.74 Å². The van der Waals surface area contributed by atoms with Gasteiger partial charge in [-0.2, -0.15) is 5.26 Å². The van der Waals surface area contributed by atoms with Crippen molar-refractivity contribution in [3.05, 3.63) is 29.3 Å². The van der Waals surface area contributed by atoms with Crippen LogP contribution in [-0.2, 0) is 16.6 Å². The largest absolute Gasteiger partial charge is 0.495 e. The molecule has 0 heterocycles. The van der Waals surface area contributed by atoms with Crippen molar-refractivity contribution in [3.8, 4) is 11.8 Å². The molecule has 92 valence electrons. The van der Waals surface area contributed by atoms with Crippen LogP contribution in [0.4, 0.5) is 0 Å². The first-order chi connectivity index (χ1) is 8.12. The van der Waals surface area contributed by atoms with E-state index < -0.39 is 10.8 Å². The summed E-state index contributed by atoms with van der Waals surface area (Å²) in [7, 11) is 0.660. The molecule has 0 aliphatic carbocycles. The molecule has 4 heteroatoms. The standard InChI is InChI=1S/C13H17NO2S/c1-4-10(2)17(15)9-11-5-6-12(8-14)13(7-11)16-3/h5-7,10H,4,9H2,1-3H3. The van der Waals surface area contributed by atoms with Crippen LogP contribution in [0.15, 0.2) is 18.2 Å². The number of nitrogens with zero attached hydrogens (tertiary/aromatic N) is 1. The topological polar surface area (TPSA) is 50.1 Å². The zero-order valence-electron chi connectivity index (χ0n) is 10.4. The molecule has 3 nitrogen and oxygen atoms in total. The highest BCUT2D eigenvalue weighted by atomic mass is 32.2. The van der Waals surface area contributed by atoms with E-state index in [-0.39, 0.29) is 5.25 Å². The molecule has 0 aliphatic heterocycles. The summed E-state index contributed by atoms with van der Waals surface area (Å²) < 4.78 is 17.0. The van der Waals surface area contributed by atoms with Crippen LogP contribution in [0.3, 0.4) is 0 Å². The van der Waals surface area contributed by atoms with Crippen LogP contribution in [0.2, 0.25) is 0 Å². The van der Waals surface area contributed by atoms with Gasteiger partial charge in [0.25, 0.3) is 0 Å². The fourth-order valence-corrected chi connectivity index (χ4v) is 2.57. The quantitative estimate of drug-likeness (QED) is 0.808. The Kier molecular flexibility index (Phi) is 5.17. The third-order valence-electron chi connectivity index (χ3n) is 2.72. The summed E-state index contributed by atoms with van der Waals surface area (Å²) in [4.78, 5) is 0. The molecular formula is C13H17NO2S. The zero-order valence-corrected chi connectivity index (χ0v) is 11.2. The monoisotopic (exact) mass is 251 g/mol. The Bertz CT molecular complexity index is 451. The number of rotatable bonds is 5. The van der Waals surface area contributed by atoms with Gasteiger partial charge in [0.1, 0.15) is 11.8 Å². The Morgan fingerprint density at radius 2 is 2.24 bits per heavy atom. The lowest BCUT2D eigenvalue weighted by Gasteiger charge is -2.10. The minimum atomic E-state index is -0.873. The van der Waals surface area contributed by atoms with Crippen LogP contribution in [0.1, 0.15) is 31.4 Å². The summed E-state index contributed by atoms with van der Waals surface area (Å²) in [6.07, 6.45) is 0.903. The average molecular weight is 251 g/mol. The van der Waals surface area contributed by atoms with E-state index in [9.17, 15) is 4.21 Å². The van der Waals surface area contributed by atoms with E-state index in [1.165, 1.54) is 7.11 Å². The normalized spacial score (nSPS) is 13.8. The van der Waals surface area contributed by atoms with Gasteiger partial charge in [-0.1, -0.05) is 19.9 Å². The lowest BCUT2D eigenvalue weighted by molar-refractivity contribution is 0.413. The molecule has 0 radical (unpaired) electrons. The summed E-state index contributed by atoms with van der Waals surface area (Å²) in [6, 6.07) is 7.40. The molecule has 0 amide bonds. The fraction of sp³-hybridized carbons (Fsp3) is 0.462. The lowest BCUT2D eigenvalue weighted by atomic mass is 10.1. The van der Waals surface area contributed by atoms with Crippen molar-refractivity contribution in [2.75, 3.05) is 7.11 Å². The van der Waals surface area contributed by atoms with Crippen LogP contribution in [0.5, 0.6) is 5.75 Å². The van der Waals surface area contributed by atoms with Gasteiger partial charge in [-0.05, 0) is 24.1 Å². The average Bonchev–Trinajstić information content (AvgIpc) is 2.37. The second-order valence-corrected chi connectivity index (χ2v) is 5.75. The molecular weight excluding hydrogens is 234 g/mol. The van der Waals surface area contributed by atoms with Gasteiger partial charge in [0.2, 0.25) is 0 Å². The SMILES string of the molecule is CCC(C)S(=O)Cc1ccc(C#N)c(OC)c1. The summed E-state index contributed by atoms with van der Waals surface area (Å²) >= 11 is 0. The molecule has 0 bridgehead atoms. The second-order valence-electron chi connectivity index (χ2n) is 3.89. The van der Waals surface area contributed by atoms with Gasteiger partial charge in [0.05, 0.1) is 12.7 Å². The highest BCUT2D eigenvalue weighted by Gasteiger charge is 2.11. The first-order valence-electron chi connectivity index (χ1n) is 5.56. The molecule has 0 saturated heterocycles. The minimum absolute atomic E-state index is 0.191. The molecule has 0 fully saturated rings. The Morgan fingerprint density at radius 3 is 2.76 bits per heavy atom. The van der Waals surface area contributed by atoms with E-state index in [1.54, 1.807) is 12.1 Å². The third-order valence-corrected chi connectivity index (χ3v) is 4.57. The van der Waals surface area contributed by atoms with Gasteiger partial charge >= 0.3 is 0 Å². The van der Waals surface area contributed by atoms with Crippen molar-refractivity contribution in [2.24, 2.45) is 0 Å². The highest BCUT2D eigenvalue weighted by Crippen LogP contribution is 2.20. The number of ether oxygens (including phenoxy) is 1. The summed E-state index contributed by atoms with van der Waals surface area (Å²) in [5.74, 6) is 1.06. The molecule has 0 N–H and O–H groups in total. The van der Waals surface area contributed by atoms with Gasteiger partial charge in [-0.3, -0.25) is 4.21 Å². The molecule has 1 rings (SSSR count). The van der Waals surface area contributed by atoms with Crippen molar-refractivity contribution in [2.45, 2.75) is 31.3 Å². The Labute approximate surface area is 105 Å². The van der Waals surface area contributed by atoms with Crippen LogP contribution < -0.4 is 4.74 Å². The van der Waals surface area contributed by atoms with E-state index in [1.807, 2.05) is 19.9 Å². The molecule has 17 heavy (non-hydrogen) atoms. The van der Waals surface area contributed by atoms with E-state index in [0.717, 1.165) is 12.0 Å². The Hall–Kier alpha value is -1.34. The van der Waals surface area contributed by atoms with Crippen LogP contribution >= 0.6 is 0 Å². The lowest BCUT2D eigenvalue weighted by Crippen LogP contribution is -2.11. The smallest absolute Gasteiger partial charge is 0.136 e. The predicted molar refractivity (Wildman–Crippen MR) is 69.3 cm³/mol. The molecule has 2 unspecified atom stereocenters. The van der Waals surface area contributed by atoms with Crippen molar-refractivity contribution in [1.29, 1.82) is 5.26 Å². The van der Waals surface area contributed by atoms with Crippen LogP contribution in [-0.4, -0.2) is 16.6 Å². The first-order valence-corrected chi connectivity index (χ1v) is 6.94. The molecule has 1 aromatic carbocycles. The Balaban J connectivity index is 2.87. The third kappa shape index (κ3) is 3.57. The number of benzene rings is 1. The van der Waals surface area contributed by atoms with E-state index >= 15 is 0 Å².